The number of amides is 3. The fourth-order valence-electron chi connectivity index (χ4n) is 3.01. The summed E-state index contributed by atoms with van der Waals surface area (Å²) in [5.41, 5.74) is -0.740. The Kier molecular flexibility index (Phi) is 4.69. The quantitative estimate of drug-likeness (QED) is 0.346. The summed E-state index contributed by atoms with van der Waals surface area (Å²) in [6, 6.07) is 4.97. The van der Waals surface area contributed by atoms with Crippen LogP contribution in [-0.2, 0) is 4.79 Å². The van der Waals surface area contributed by atoms with Crippen LogP contribution in [0.25, 0.3) is 0 Å². The fourth-order valence-corrected chi connectivity index (χ4v) is 3.01. The molecule has 0 aliphatic carbocycles. The molecule has 0 fully saturated rings. The maximum absolute atomic E-state index is 12.4. The van der Waals surface area contributed by atoms with E-state index in [9.17, 15) is 34.6 Å². The van der Waals surface area contributed by atoms with Gasteiger partial charge in [-0.15, -0.1) is 0 Å². The zero-order valence-corrected chi connectivity index (χ0v) is 15.1. The number of hydrogen-bond donors (Lipinski definition) is 1. The summed E-state index contributed by atoms with van der Waals surface area (Å²) in [7, 11) is 0. The predicted octanol–water partition coefficient (Wildman–Crippen LogP) is 1.81. The number of anilines is 1. The molecule has 2 aromatic rings. The Morgan fingerprint density at radius 1 is 1.28 bits per heavy atom. The van der Waals surface area contributed by atoms with Gasteiger partial charge in [0.05, 0.1) is 21.6 Å². The number of furan rings is 1. The fraction of sp³-hybridized carbons (Fsp3) is 0.167. The van der Waals surface area contributed by atoms with Crippen LogP contribution in [0.1, 0.15) is 49.3 Å². The molecule has 1 aliphatic heterocycles. The van der Waals surface area contributed by atoms with Gasteiger partial charge in [0.15, 0.2) is 5.78 Å². The van der Waals surface area contributed by atoms with Crippen molar-refractivity contribution in [3.63, 3.8) is 0 Å². The zero-order chi connectivity index (χ0) is 21.5. The van der Waals surface area contributed by atoms with Crippen molar-refractivity contribution < 1.29 is 28.5 Å². The molecule has 11 heteroatoms. The van der Waals surface area contributed by atoms with Crippen molar-refractivity contribution >= 4 is 35.1 Å². The molecule has 1 aromatic carbocycles. The number of ketones is 1. The zero-order valence-electron chi connectivity index (χ0n) is 15.1. The number of carbonyl (C=O) groups is 4. The smallest absolute Gasteiger partial charge is 0.270 e. The van der Waals surface area contributed by atoms with Crippen LogP contribution >= 0.6 is 0 Å². The minimum atomic E-state index is -0.857. The third kappa shape index (κ3) is 3.23. The summed E-state index contributed by atoms with van der Waals surface area (Å²) in [5.74, 6) is -3.05. The molecule has 1 aromatic heterocycles. The number of hydrogen-bond acceptors (Lipinski definition) is 8. The first-order valence-corrected chi connectivity index (χ1v) is 8.14. The van der Waals surface area contributed by atoms with Crippen LogP contribution in [0.15, 0.2) is 22.6 Å². The van der Waals surface area contributed by atoms with Gasteiger partial charge >= 0.3 is 0 Å². The number of nitro groups is 1. The third-order valence-electron chi connectivity index (χ3n) is 4.27. The molecule has 2 heterocycles. The lowest BCUT2D eigenvalue weighted by Crippen LogP contribution is -2.37. The van der Waals surface area contributed by atoms with E-state index in [0.29, 0.717) is 4.90 Å². The van der Waals surface area contributed by atoms with E-state index in [1.807, 2.05) is 0 Å². The van der Waals surface area contributed by atoms with Gasteiger partial charge in [-0.05, 0) is 19.9 Å². The van der Waals surface area contributed by atoms with Gasteiger partial charge in [0, 0.05) is 12.1 Å². The van der Waals surface area contributed by atoms with E-state index in [1.165, 1.54) is 13.8 Å². The topological polar surface area (TPSA) is 164 Å². The summed E-state index contributed by atoms with van der Waals surface area (Å²) >= 11 is 0. The van der Waals surface area contributed by atoms with Crippen LogP contribution in [0.2, 0.25) is 0 Å². The van der Waals surface area contributed by atoms with Crippen LogP contribution < -0.4 is 5.32 Å². The molecule has 0 bridgehead atoms. The molecule has 0 saturated carbocycles. The number of rotatable bonds is 5. The summed E-state index contributed by atoms with van der Waals surface area (Å²) in [6.07, 6.45) is 0. The number of imide groups is 1. The van der Waals surface area contributed by atoms with E-state index >= 15 is 0 Å². The van der Waals surface area contributed by atoms with Gasteiger partial charge < -0.3 is 4.42 Å². The Labute approximate surface area is 162 Å². The second-order valence-corrected chi connectivity index (χ2v) is 6.14. The normalized spacial score (nSPS) is 12.5. The summed E-state index contributed by atoms with van der Waals surface area (Å²) in [4.78, 5) is 59.5. The SMILES string of the molecule is CC(=O)c1c(C)oc(NC(=O)CN2C(=O)c3ccc([N+](=O)[O-])cc3C2=O)c1C#N. The number of Topliss-reactive ketones (excluding diaryl/α,β-unsaturated/α-hetero) is 1. The molecule has 146 valence electrons. The van der Waals surface area contributed by atoms with Crippen LogP contribution in [0, 0.1) is 28.4 Å². The van der Waals surface area contributed by atoms with E-state index in [2.05, 4.69) is 5.32 Å². The van der Waals surface area contributed by atoms with Gasteiger partial charge in [-0.1, -0.05) is 0 Å². The first kappa shape index (κ1) is 19.4. The molecule has 0 saturated heterocycles. The molecule has 0 spiro atoms. The summed E-state index contributed by atoms with van der Waals surface area (Å²) in [5, 5.41) is 22.4. The van der Waals surface area contributed by atoms with Gasteiger partial charge in [-0.3, -0.25) is 39.5 Å². The highest BCUT2D eigenvalue weighted by molar-refractivity contribution is 6.23. The molecular formula is C18H12N4O7. The number of fused-ring (bicyclic) bond motifs is 1. The van der Waals surface area contributed by atoms with Crippen LogP contribution in [0.5, 0.6) is 0 Å². The van der Waals surface area contributed by atoms with Crippen LogP contribution in [0.3, 0.4) is 0 Å². The molecule has 3 rings (SSSR count). The van der Waals surface area contributed by atoms with Gasteiger partial charge in [-0.2, -0.15) is 5.26 Å². The van der Waals surface area contributed by atoms with E-state index < -0.39 is 35.0 Å². The first-order valence-electron chi connectivity index (χ1n) is 8.14. The molecular weight excluding hydrogens is 384 g/mol. The van der Waals surface area contributed by atoms with Crippen molar-refractivity contribution in [2.75, 3.05) is 11.9 Å². The molecule has 1 N–H and O–H groups in total. The van der Waals surface area contributed by atoms with Crippen molar-refractivity contribution in [2.24, 2.45) is 0 Å². The van der Waals surface area contributed by atoms with Crippen LogP contribution in [0.4, 0.5) is 11.6 Å². The Hall–Kier alpha value is -4.33. The summed E-state index contributed by atoms with van der Waals surface area (Å²) < 4.78 is 5.25. The monoisotopic (exact) mass is 396 g/mol. The highest BCUT2D eigenvalue weighted by Gasteiger charge is 2.38. The lowest BCUT2D eigenvalue weighted by atomic mass is 10.1. The number of carbonyl (C=O) groups excluding carboxylic acids is 4. The predicted molar refractivity (Wildman–Crippen MR) is 95.3 cm³/mol. The molecule has 29 heavy (non-hydrogen) atoms. The van der Waals surface area contributed by atoms with Gasteiger partial charge in [0.25, 0.3) is 17.5 Å². The first-order chi connectivity index (χ1) is 13.6. The number of non-ortho nitro benzene ring substituents is 1. The molecule has 0 radical (unpaired) electrons. The maximum atomic E-state index is 12.4. The van der Waals surface area contributed by atoms with E-state index in [-0.39, 0.29) is 39.6 Å². The highest BCUT2D eigenvalue weighted by Crippen LogP contribution is 2.28. The lowest BCUT2D eigenvalue weighted by Gasteiger charge is -2.12. The Morgan fingerprint density at radius 2 is 1.93 bits per heavy atom. The van der Waals surface area contributed by atoms with E-state index in [1.54, 1.807) is 6.07 Å². The van der Waals surface area contributed by atoms with Crippen molar-refractivity contribution in [1.29, 1.82) is 5.26 Å². The van der Waals surface area contributed by atoms with Gasteiger partial charge in [0.2, 0.25) is 11.8 Å². The largest absolute Gasteiger partial charge is 0.443 e. The van der Waals surface area contributed by atoms with Crippen LogP contribution in [-0.4, -0.2) is 39.9 Å². The molecule has 11 nitrogen and oxygen atoms in total. The van der Waals surface area contributed by atoms with Gasteiger partial charge in [0.1, 0.15) is 23.9 Å². The molecule has 0 atom stereocenters. The van der Waals surface area contributed by atoms with E-state index in [0.717, 1.165) is 18.2 Å². The molecule has 3 amide bonds. The number of nitrogens with one attached hydrogen (secondary N) is 1. The number of benzene rings is 1. The van der Waals surface area contributed by atoms with Crippen molar-refractivity contribution in [1.82, 2.24) is 4.90 Å². The maximum Gasteiger partial charge on any atom is 0.270 e. The number of aryl methyl sites for hydroxylation is 1. The second-order valence-electron chi connectivity index (χ2n) is 6.14. The van der Waals surface area contributed by atoms with Crippen molar-refractivity contribution in [3.8, 4) is 6.07 Å². The molecule has 1 aliphatic rings. The minimum Gasteiger partial charge on any atom is -0.443 e. The number of nitrogens with zero attached hydrogens (tertiary/aromatic N) is 3. The average molecular weight is 396 g/mol. The lowest BCUT2D eigenvalue weighted by molar-refractivity contribution is -0.384. The number of nitriles is 1. The Morgan fingerprint density at radius 3 is 2.52 bits per heavy atom. The summed E-state index contributed by atoms with van der Waals surface area (Å²) in [6.45, 7) is 1.98. The average Bonchev–Trinajstić information content (AvgIpc) is 3.10. The van der Waals surface area contributed by atoms with Gasteiger partial charge in [-0.25, -0.2) is 0 Å². The Balaban J connectivity index is 1.82. The minimum absolute atomic E-state index is 0.0239. The van der Waals surface area contributed by atoms with Crippen molar-refractivity contribution in [3.05, 3.63) is 56.3 Å². The molecule has 0 unspecified atom stereocenters. The standard InChI is InChI=1S/C18H12N4O7/c1-8(23)15-9(2)29-16(13(15)6-19)20-14(24)7-21-17(25)11-4-3-10(22(27)28)5-12(11)18(21)26/h3-5H,7H2,1-2H3,(H,20,24). The Bertz CT molecular complexity index is 1160. The number of nitro benzene ring substituents is 1. The third-order valence-corrected chi connectivity index (χ3v) is 4.27. The van der Waals surface area contributed by atoms with Crippen molar-refractivity contribution in [2.45, 2.75) is 13.8 Å². The second kappa shape index (κ2) is 7.01. The highest BCUT2D eigenvalue weighted by atomic mass is 16.6. The van der Waals surface area contributed by atoms with E-state index in [4.69, 9.17) is 4.42 Å².